The van der Waals surface area contributed by atoms with Crippen LogP contribution in [0.25, 0.3) is 0 Å². The van der Waals surface area contributed by atoms with Gasteiger partial charge in [-0.3, -0.25) is 9.59 Å². The van der Waals surface area contributed by atoms with E-state index in [1.807, 2.05) is 0 Å². The minimum Gasteiger partial charge on any atom is -0.374 e. The van der Waals surface area contributed by atoms with Gasteiger partial charge in [0.25, 0.3) is 0 Å². The summed E-state index contributed by atoms with van der Waals surface area (Å²) in [4.78, 5) is 25.4. The fourth-order valence-corrected chi connectivity index (χ4v) is 2.52. The zero-order chi connectivity index (χ0) is 18.0. The SMILES string of the molecule is C=CC(=O)N(CCCCCC)CCC(=O)COCCCCCCC. The molecule has 0 unspecified atom stereocenters. The summed E-state index contributed by atoms with van der Waals surface area (Å²) in [6.07, 6.45) is 12.1. The van der Waals surface area contributed by atoms with Crippen LogP contribution in [0.1, 0.15) is 78.1 Å². The molecule has 140 valence electrons. The number of hydrogen-bond donors (Lipinski definition) is 0. The topological polar surface area (TPSA) is 46.6 Å². The van der Waals surface area contributed by atoms with E-state index in [0.717, 1.165) is 19.3 Å². The molecular formula is C20H37NO3. The van der Waals surface area contributed by atoms with E-state index in [0.29, 0.717) is 26.1 Å². The lowest BCUT2D eigenvalue weighted by atomic mass is 10.2. The highest BCUT2D eigenvalue weighted by atomic mass is 16.5. The molecule has 1 amide bonds. The van der Waals surface area contributed by atoms with E-state index in [1.165, 1.54) is 44.6 Å². The molecule has 0 aromatic carbocycles. The highest BCUT2D eigenvalue weighted by Gasteiger charge is 2.12. The Morgan fingerprint density at radius 2 is 1.54 bits per heavy atom. The molecule has 0 aromatic rings. The fourth-order valence-electron chi connectivity index (χ4n) is 2.52. The molecule has 0 aromatic heterocycles. The summed E-state index contributed by atoms with van der Waals surface area (Å²) >= 11 is 0. The average molecular weight is 340 g/mol. The Labute approximate surface area is 148 Å². The van der Waals surface area contributed by atoms with Gasteiger partial charge in [-0.2, -0.15) is 0 Å². The molecule has 24 heavy (non-hydrogen) atoms. The van der Waals surface area contributed by atoms with Crippen molar-refractivity contribution in [2.24, 2.45) is 0 Å². The molecule has 0 spiro atoms. The van der Waals surface area contributed by atoms with Crippen LogP contribution in [-0.2, 0) is 14.3 Å². The zero-order valence-corrected chi connectivity index (χ0v) is 15.9. The van der Waals surface area contributed by atoms with Crippen LogP contribution >= 0.6 is 0 Å². The number of carbonyl (C=O) groups excluding carboxylic acids is 2. The maximum Gasteiger partial charge on any atom is 0.245 e. The molecule has 0 aliphatic rings. The first-order valence-corrected chi connectivity index (χ1v) is 9.66. The number of amides is 1. The van der Waals surface area contributed by atoms with Gasteiger partial charge in [0, 0.05) is 26.1 Å². The molecule has 0 atom stereocenters. The van der Waals surface area contributed by atoms with Gasteiger partial charge in [0.15, 0.2) is 5.78 Å². The van der Waals surface area contributed by atoms with Crippen molar-refractivity contribution in [2.75, 3.05) is 26.3 Å². The van der Waals surface area contributed by atoms with Gasteiger partial charge in [-0.25, -0.2) is 0 Å². The smallest absolute Gasteiger partial charge is 0.245 e. The summed E-state index contributed by atoms with van der Waals surface area (Å²) in [5.74, 6) is -0.0184. The van der Waals surface area contributed by atoms with Crippen molar-refractivity contribution >= 4 is 11.7 Å². The predicted octanol–water partition coefficient (Wildman–Crippen LogP) is 4.53. The van der Waals surface area contributed by atoms with Crippen LogP contribution in [0, 0.1) is 0 Å². The van der Waals surface area contributed by atoms with E-state index in [4.69, 9.17) is 4.74 Å². The standard InChI is InChI=1S/C20H37NO3/c1-4-7-9-11-13-17-24-18-19(22)14-16-21(20(23)6-3)15-12-10-8-5-2/h6H,3-5,7-18H2,1-2H3. The van der Waals surface area contributed by atoms with E-state index in [2.05, 4.69) is 20.4 Å². The second-order valence-electron chi connectivity index (χ2n) is 6.35. The number of hydrogen-bond acceptors (Lipinski definition) is 3. The van der Waals surface area contributed by atoms with E-state index in [-0.39, 0.29) is 18.3 Å². The third kappa shape index (κ3) is 13.3. The van der Waals surface area contributed by atoms with E-state index >= 15 is 0 Å². The number of ether oxygens (including phenoxy) is 1. The van der Waals surface area contributed by atoms with Crippen molar-refractivity contribution in [3.63, 3.8) is 0 Å². The van der Waals surface area contributed by atoms with Crippen molar-refractivity contribution in [1.82, 2.24) is 4.90 Å². The lowest BCUT2D eigenvalue weighted by molar-refractivity contribution is -0.128. The Bertz CT molecular complexity index is 342. The Morgan fingerprint density at radius 3 is 2.17 bits per heavy atom. The number of carbonyl (C=O) groups is 2. The van der Waals surface area contributed by atoms with Crippen molar-refractivity contribution in [3.05, 3.63) is 12.7 Å². The lowest BCUT2D eigenvalue weighted by Gasteiger charge is -2.20. The first-order valence-electron chi connectivity index (χ1n) is 9.66. The number of nitrogens with zero attached hydrogens (tertiary/aromatic N) is 1. The summed E-state index contributed by atoms with van der Waals surface area (Å²) in [6.45, 7) is 9.89. The Balaban J connectivity index is 3.83. The van der Waals surface area contributed by atoms with Gasteiger partial charge in [-0.1, -0.05) is 65.4 Å². The fraction of sp³-hybridized carbons (Fsp3) is 0.800. The Hall–Kier alpha value is -1.16. The average Bonchev–Trinajstić information content (AvgIpc) is 2.59. The maximum absolute atomic E-state index is 11.9. The van der Waals surface area contributed by atoms with Crippen LogP contribution in [0.15, 0.2) is 12.7 Å². The Kier molecular flexibility index (Phi) is 15.9. The molecule has 0 N–H and O–H groups in total. The van der Waals surface area contributed by atoms with E-state index in [9.17, 15) is 9.59 Å². The maximum atomic E-state index is 11.9. The largest absolute Gasteiger partial charge is 0.374 e. The minimum atomic E-state index is -0.0869. The summed E-state index contributed by atoms with van der Waals surface area (Å²) in [5.41, 5.74) is 0. The van der Waals surface area contributed by atoms with Crippen molar-refractivity contribution in [3.8, 4) is 0 Å². The molecule has 0 saturated heterocycles. The van der Waals surface area contributed by atoms with Crippen LogP contribution in [0.2, 0.25) is 0 Å². The summed E-state index contributed by atoms with van der Waals surface area (Å²) in [5, 5.41) is 0. The molecule has 0 bridgehead atoms. The van der Waals surface area contributed by atoms with Crippen LogP contribution < -0.4 is 0 Å². The van der Waals surface area contributed by atoms with E-state index in [1.54, 1.807) is 4.90 Å². The highest BCUT2D eigenvalue weighted by molar-refractivity contribution is 5.87. The van der Waals surface area contributed by atoms with Crippen LogP contribution in [0.5, 0.6) is 0 Å². The molecule has 0 saturated carbocycles. The summed E-state index contributed by atoms with van der Waals surface area (Å²) in [6, 6.07) is 0. The molecule has 4 nitrogen and oxygen atoms in total. The molecular weight excluding hydrogens is 302 g/mol. The number of unbranched alkanes of at least 4 members (excludes halogenated alkanes) is 7. The van der Waals surface area contributed by atoms with Gasteiger partial charge < -0.3 is 9.64 Å². The van der Waals surface area contributed by atoms with E-state index < -0.39 is 0 Å². The van der Waals surface area contributed by atoms with Gasteiger partial charge in [0.2, 0.25) is 5.91 Å². The van der Waals surface area contributed by atoms with Crippen LogP contribution in [0.3, 0.4) is 0 Å². The highest BCUT2D eigenvalue weighted by Crippen LogP contribution is 2.05. The Morgan fingerprint density at radius 1 is 0.917 bits per heavy atom. The van der Waals surface area contributed by atoms with Gasteiger partial charge >= 0.3 is 0 Å². The first kappa shape index (κ1) is 22.8. The van der Waals surface area contributed by atoms with Crippen LogP contribution in [0.4, 0.5) is 0 Å². The quantitative estimate of drug-likeness (QED) is 0.289. The molecule has 0 fully saturated rings. The van der Waals surface area contributed by atoms with Gasteiger partial charge in [-0.05, 0) is 18.9 Å². The second kappa shape index (κ2) is 16.7. The van der Waals surface area contributed by atoms with Crippen molar-refractivity contribution < 1.29 is 14.3 Å². The lowest BCUT2D eigenvalue weighted by Crippen LogP contribution is -2.33. The summed E-state index contributed by atoms with van der Waals surface area (Å²) < 4.78 is 5.43. The monoisotopic (exact) mass is 339 g/mol. The molecule has 0 rings (SSSR count). The molecule has 0 radical (unpaired) electrons. The predicted molar refractivity (Wildman–Crippen MR) is 100 cm³/mol. The number of ketones is 1. The van der Waals surface area contributed by atoms with Gasteiger partial charge in [0.1, 0.15) is 6.61 Å². The second-order valence-corrected chi connectivity index (χ2v) is 6.35. The molecule has 0 aliphatic heterocycles. The number of Topliss-reactive ketones (excluding diaryl/α,β-unsaturated/α-hetero) is 1. The third-order valence-electron chi connectivity index (χ3n) is 4.08. The number of rotatable bonds is 17. The van der Waals surface area contributed by atoms with Gasteiger partial charge in [0.05, 0.1) is 0 Å². The van der Waals surface area contributed by atoms with Crippen LogP contribution in [-0.4, -0.2) is 42.9 Å². The normalized spacial score (nSPS) is 10.6. The first-order chi connectivity index (χ1) is 11.7. The van der Waals surface area contributed by atoms with Crippen molar-refractivity contribution in [2.45, 2.75) is 78.1 Å². The van der Waals surface area contributed by atoms with Crippen molar-refractivity contribution in [1.29, 1.82) is 0 Å². The summed E-state index contributed by atoms with van der Waals surface area (Å²) in [7, 11) is 0. The molecule has 4 heteroatoms. The zero-order valence-electron chi connectivity index (χ0n) is 15.9. The molecule has 0 heterocycles. The molecule has 0 aliphatic carbocycles. The third-order valence-corrected chi connectivity index (χ3v) is 4.08. The van der Waals surface area contributed by atoms with Gasteiger partial charge in [-0.15, -0.1) is 0 Å². The minimum absolute atomic E-state index is 0.0685.